The van der Waals surface area contributed by atoms with Crippen LogP contribution in [0.15, 0.2) is 97.1 Å². The van der Waals surface area contributed by atoms with E-state index in [4.69, 9.17) is 4.74 Å². The summed E-state index contributed by atoms with van der Waals surface area (Å²) < 4.78 is 6.06. The van der Waals surface area contributed by atoms with Gasteiger partial charge in [0.2, 0.25) is 0 Å². The van der Waals surface area contributed by atoms with Crippen molar-refractivity contribution in [1.82, 2.24) is 0 Å². The van der Waals surface area contributed by atoms with Gasteiger partial charge in [-0.05, 0) is 68.5 Å². The fraction of sp³-hybridized carbons (Fsp3) is 0.222. The highest BCUT2D eigenvalue weighted by Gasteiger charge is 2.13. The number of hydrogen-bond donors (Lipinski definition) is 0. The van der Waals surface area contributed by atoms with Crippen molar-refractivity contribution < 1.29 is 4.74 Å². The van der Waals surface area contributed by atoms with Crippen LogP contribution in [-0.4, -0.2) is 0 Å². The molecule has 188 valence electrons. The molecule has 0 bridgehead atoms. The van der Waals surface area contributed by atoms with Crippen LogP contribution in [0.25, 0.3) is 24.3 Å². The third kappa shape index (κ3) is 7.57. The third-order valence-electron chi connectivity index (χ3n) is 6.49. The molecule has 0 spiro atoms. The number of benzene rings is 4. The van der Waals surface area contributed by atoms with E-state index in [0.29, 0.717) is 0 Å². The first-order chi connectivity index (χ1) is 17.6. The van der Waals surface area contributed by atoms with Crippen LogP contribution in [0, 0.1) is 0 Å². The summed E-state index contributed by atoms with van der Waals surface area (Å²) in [6.07, 6.45) is 8.56. The van der Waals surface area contributed by atoms with Crippen LogP contribution < -0.4 is 4.74 Å². The average Bonchev–Trinajstić information content (AvgIpc) is 2.87. The van der Waals surface area contributed by atoms with Crippen LogP contribution in [-0.2, 0) is 10.8 Å². The maximum atomic E-state index is 6.06. The fourth-order valence-electron chi connectivity index (χ4n) is 4.00. The molecule has 1 nitrogen and oxygen atoms in total. The van der Waals surface area contributed by atoms with E-state index < -0.39 is 0 Å². The predicted molar refractivity (Wildman–Crippen MR) is 161 cm³/mol. The lowest BCUT2D eigenvalue weighted by Gasteiger charge is -2.18. The Morgan fingerprint density at radius 1 is 0.378 bits per heavy atom. The minimum Gasteiger partial charge on any atom is -0.457 e. The Hall–Kier alpha value is -3.84. The van der Waals surface area contributed by atoms with Crippen molar-refractivity contribution >= 4 is 24.3 Å². The van der Waals surface area contributed by atoms with Crippen LogP contribution in [0.4, 0.5) is 0 Å². The zero-order valence-corrected chi connectivity index (χ0v) is 23.0. The van der Waals surface area contributed by atoms with Gasteiger partial charge in [-0.25, -0.2) is 0 Å². The Kier molecular flexibility index (Phi) is 7.83. The van der Waals surface area contributed by atoms with E-state index in [1.807, 2.05) is 24.3 Å². The number of rotatable bonds is 6. The number of ether oxygens (including phenoxy) is 1. The lowest BCUT2D eigenvalue weighted by molar-refractivity contribution is 0.482. The molecule has 0 saturated carbocycles. The van der Waals surface area contributed by atoms with Gasteiger partial charge in [0, 0.05) is 0 Å². The first-order valence-corrected chi connectivity index (χ1v) is 13.0. The van der Waals surface area contributed by atoms with Crippen molar-refractivity contribution in [3.05, 3.63) is 130 Å². The summed E-state index contributed by atoms with van der Waals surface area (Å²) in [6.45, 7) is 13.4. The summed E-state index contributed by atoms with van der Waals surface area (Å²) in [5.74, 6) is 1.66. The van der Waals surface area contributed by atoms with Crippen LogP contribution in [0.1, 0.15) is 74.9 Å². The van der Waals surface area contributed by atoms with Gasteiger partial charge in [0.15, 0.2) is 0 Å². The Morgan fingerprint density at radius 3 is 0.865 bits per heavy atom. The molecule has 1 heteroatoms. The molecule has 0 saturated heterocycles. The molecule has 4 aromatic rings. The van der Waals surface area contributed by atoms with Gasteiger partial charge in [0.05, 0.1) is 0 Å². The molecule has 4 rings (SSSR count). The molecule has 0 aliphatic carbocycles. The van der Waals surface area contributed by atoms with E-state index in [-0.39, 0.29) is 10.8 Å². The molecule has 4 aromatic carbocycles. The highest BCUT2D eigenvalue weighted by molar-refractivity contribution is 5.71. The van der Waals surface area contributed by atoms with Crippen molar-refractivity contribution in [2.24, 2.45) is 0 Å². The van der Waals surface area contributed by atoms with Crippen LogP contribution in [0.5, 0.6) is 11.5 Å². The van der Waals surface area contributed by atoms with Gasteiger partial charge in [0.25, 0.3) is 0 Å². The maximum Gasteiger partial charge on any atom is 0.127 e. The second kappa shape index (κ2) is 11.0. The lowest BCUT2D eigenvalue weighted by atomic mass is 9.87. The zero-order chi connectivity index (χ0) is 26.5. The molecule has 0 N–H and O–H groups in total. The van der Waals surface area contributed by atoms with Gasteiger partial charge in [-0.1, -0.05) is 139 Å². The molecule has 0 unspecified atom stereocenters. The van der Waals surface area contributed by atoms with Crippen LogP contribution in [0.3, 0.4) is 0 Å². The Labute approximate surface area is 223 Å². The molecule has 0 atom stereocenters. The fourth-order valence-corrected chi connectivity index (χ4v) is 4.00. The number of hydrogen-bond acceptors (Lipinski definition) is 1. The van der Waals surface area contributed by atoms with Gasteiger partial charge in [-0.15, -0.1) is 0 Å². The summed E-state index contributed by atoms with van der Waals surface area (Å²) in [4.78, 5) is 0. The van der Waals surface area contributed by atoms with E-state index in [1.165, 1.54) is 22.3 Å². The second-order valence-corrected chi connectivity index (χ2v) is 11.7. The second-order valence-electron chi connectivity index (χ2n) is 11.7. The summed E-state index contributed by atoms with van der Waals surface area (Å²) >= 11 is 0. The van der Waals surface area contributed by atoms with Crippen molar-refractivity contribution in [2.75, 3.05) is 0 Å². The monoisotopic (exact) mass is 486 g/mol. The largest absolute Gasteiger partial charge is 0.457 e. The summed E-state index contributed by atoms with van der Waals surface area (Å²) in [5.41, 5.74) is 7.73. The highest BCUT2D eigenvalue weighted by Crippen LogP contribution is 2.26. The minimum absolute atomic E-state index is 0.175. The Morgan fingerprint density at radius 2 is 0.622 bits per heavy atom. The van der Waals surface area contributed by atoms with E-state index in [2.05, 4.69) is 139 Å². The third-order valence-corrected chi connectivity index (χ3v) is 6.49. The Balaban J connectivity index is 1.33. The molecule has 0 radical (unpaired) electrons. The van der Waals surface area contributed by atoms with Gasteiger partial charge in [-0.3, -0.25) is 0 Å². The molecule has 37 heavy (non-hydrogen) atoms. The first kappa shape index (κ1) is 26.2. The SMILES string of the molecule is CC(C)(C)c1ccc(C=Cc2ccc(Oc3ccc(C=Cc4ccc(C(C)(C)C)cc4)cc3)cc2)cc1. The van der Waals surface area contributed by atoms with Gasteiger partial charge in [-0.2, -0.15) is 0 Å². The quantitative estimate of drug-likeness (QED) is 0.246. The van der Waals surface area contributed by atoms with Crippen LogP contribution in [0.2, 0.25) is 0 Å². The van der Waals surface area contributed by atoms with Crippen molar-refractivity contribution in [3.8, 4) is 11.5 Å². The molecule has 0 fully saturated rings. The molecular weight excluding hydrogens is 448 g/mol. The molecule has 0 aliphatic heterocycles. The molecule has 0 aliphatic rings. The van der Waals surface area contributed by atoms with Crippen molar-refractivity contribution in [2.45, 2.75) is 52.4 Å². The topological polar surface area (TPSA) is 9.23 Å². The van der Waals surface area contributed by atoms with Gasteiger partial charge < -0.3 is 4.74 Å². The molecule has 0 amide bonds. The predicted octanol–water partition coefficient (Wildman–Crippen LogP) is 10.4. The average molecular weight is 487 g/mol. The maximum absolute atomic E-state index is 6.06. The van der Waals surface area contributed by atoms with Crippen LogP contribution >= 0.6 is 0 Å². The Bertz CT molecular complexity index is 1230. The molecule has 0 heterocycles. The lowest BCUT2D eigenvalue weighted by Crippen LogP contribution is -2.10. The van der Waals surface area contributed by atoms with E-state index >= 15 is 0 Å². The summed E-state index contributed by atoms with van der Waals surface area (Å²) in [5, 5.41) is 0. The zero-order valence-electron chi connectivity index (χ0n) is 23.0. The normalized spacial score (nSPS) is 12.4. The first-order valence-electron chi connectivity index (χ1n) is 13.0. The standard InChI is InChI=1S/C36H38O/c1-35(2,3)31-19-11-27(12-20-31)7-9-29-15-23-33(24-16-29)37-34-25-17-30(18-26-34)10-8-28-13-21-32(22-14-28)36(4,5)6/h7-26H,1-6H3. The summed E-state index contributed by atoms with van der Waals surface area (Å²) in [6, 6.07) is 33.9. The minimum atomic E-state index is 0.175. The summed E-state index contributed by atoms with van der Waals surface area (Å²) in [7, 11) is 0. The van der Waals surface area contributed by atoms with E-state index in [9.17, 15) is 0 Å². The highest BCUT2D eigenvalue weighted by atomic mass is 16.5. The molecular formula is C36H38O. The molecule has 0 aromatic heterocycles. The van der Waals surface area contributed by atoms with E-state index in [0.717, 1.165) is 22.6 Å². The van der Waals surface area contributed by atoms with Crippen molar-refractivity contribution in [1.29, 1.82) is 0 Å². The van der Waals surface area contributed by atoms with Gasteiger partial charge >= 0.3 is 0 Å². The smallest absolute Gasteiger partial charge is 0.127 e. The van der Waals surface area contributed by atoms with Crippen molar-refractivity contribution in [3.63, 3.8) is 0 Å². The van der Waals surface area contributed by atoms with E-state index in [1.54, 1.807) is 0 Å². The van der Waals surface area contributed by atoms with Gasteiger partial charge in [0.1, 0.15) is 11.5 Å².